The van der Waals surface area contributed by atoms with Gasteiger partial charge in [-0.1, -0.05) is 19.1 Å². The monoisotopic (exact) mass is 194 g/mol. The number of esters is 1. The van der Waals surface area contributed by atoms with Crippen LogP contribution in [0.15, 0.2) is 24.3 Å². The van der Waals surface area contributed by atoms with Crippen molar-refractivity contribution in [3.63, 3.8) is 0 Å². The van der Waals surface area contributed by atoms with Crippen LogP contribution in [-0.4, -0.2) is 13.1 Å². The van der Waals surface area contributed by atoms with Crippen LogP contribution in [0.2, 0.25) is 0 Å². The van der Waals surface area contributed by atoms with E-state index in [9.17, 15) is 4.79 Å². The zero-order valence-electron chi connectivity index (χ0n) is 8.45. The van der Waals surface area contributed by atoms with Crippen LogP contribution in [-0.2, 0) is 16.1 Å². The molecule has 3 heteroatoms. The highest BCUT2D eigenvalue weighted by Crippen LogP contribution is 2.13. The Kier molecular flexibility index (Phi) is 4.13. The Balaban J connectivity index is 2.59. The van der Waals surface area contributed by atoms with Gasteiger partial charge in [0, 0.05) is 13.5 Å². The molecule has 0 atom stereocenters. The van der Waals surface area contributed by atoms with Crippen LogP contribution in [0.1, 0.15) is 18.9 Å². The molecule has 0 spiro atoms. The van der Waals surface area contributed by atoms with Crippen molar-refractivity contribution < 1.29 is 14.3 Å². The summed E-state index contributed by atoms with van der Waals surface area (Å²) in [5.41, 5.74) is 1.06. The van der Waals surface area contributed by atoms with Gasteiger partial charge in [-0.05, 0) is 17.7 Å². The first-order valence-corrected chi connectivity index (χ1v) is 4.54. The Hall–Kier alpha value is -1.35. The number of benzene rings is 1. The van der Waals surface area contributed by atoms with Crippen molar-refractivity contribution in [3.8, 4) is 5.75 Å². The van der Waals surface area contributed by atoms with Crippen molar-refractivity contribution >= 4 is 5.97 Å². The molecule has 0 radical (unpaired) electrons. The molecule has 0 heterocycles. The lowest BCUT2D eigenvalue weighted by molar-refractivity contribution is -0.134. The minimum absolute atomic E-state index is 0.218. The minimum atomic E-state index is -0.218. The van der Waals surface area contributed by atoms with Gasteiger partial charge in [0.15, 0.2) is 0 Å². The molecule has 0 aliphatic rings. The fraction of sp³-hybridized carbons (Fsp3) is 0.364. The maximum atomic E-state index is 10.9. The van der Waals surface area contributed by atoms with Crippen molar-refractivity contribution in [3.05, 3.63) is 29.8 Å². The summed E-state index contributed by atoms with van der Waals surface area (Å²) in [5.74, 6) is 0.362. The van der Waals surface area contributed by atoms with Crippen LogP contribution < -0.4 is 4.74 Å². The fourth-order valence-corrected chi connectivity index (χ4v) is 1.02. The lowest BCUT2D eigenvalue weighted by atomic mass is 10.2. The summed E-state index contributed by atoms with van der Waals surface area (Å²) in [7, 11) is 1.64. The number of methoxy groups -OCH3 is 1. The molecule has 0 N–H and O–H groups in total. The molecular formula is C11H14O3. The van der Waals surface area contributed by atoms with E-state index in [0.717, 1.165) is 5.56 Å². The van der Waals surface area contributed by atoms with Gasteiger partial charge in [0.1, 0.15) is 5.75 Å². The maximum absolute atomic E-state index is 10.9. The van der Waals surface area contributed by atoms with Crippen LogP contribution in [0.3, 0.4) is 0 Å². The van der Waals surface area contributed by atoms with E-state index < -0.39 is 0 Å². The molecule has 0 saturated carbocycles. The topological polar surface area (TPSA) is 35.5 Å². The summed E-state index contributed by atoms with van der Waals surface area (Å²) >= 11 is 0. The second-order valence-corrected chi connectivity index (χ2v) is 2.90. The fourth-order valence-electron chi connectivity index (χ4n) is 1.02. The van der Waals surface area contributed by atoms with E-state index in [-0.39, 0.29) is 5.97 Å². The number of rotatable bonds is 4. The lowest BCUT2D eigenvalue weighted by Crippen LogP contribution is -2.05. The van der Waals surface area contributed by atoms with E-state index >= 15 is 0 Å². The van der Waals surface area contributed by atoms with E-state index in [0.29, 0.717) is 18.8 Å². The third-order valence-corrected chi connectivity index (χ3v) is 1.75. The first-order chi connectivity index (χ1) is 6.76. The van der Waals surface area contributed by atoms with Crippen molar-refractivity contribution in [2.45, 2.75) is 20.0 Å². The third-order valence-electron chi connectivity index (χ3n) is 1.75. The average molecular weight is 194 g/mol. The van der Waals surface area contributed by atoms with Gasteiger partial charge in [-0.25, -0.2) is 0 Å². The molecule has 1 rings (SSSR count). The molecule has 0 bridgehead atoms. The van der Waals surface area contributed by atoms with E-state index in [2.05, 4.69) is 0 Å². The number of ether oxygens (including phenoxy) is 2. The Morgan fingerprint density at radius 1 is 1.29 bits per heavy atom. The first kappa shape index (κ1) is 10.7. The second kappa shape index (κ2) is 5.40. The predicted octanol–water partition coefficient (Wildman–Crippen LogP) is 2.15. The Morgan fingerprint density at radius 2 is 1.93 bits per heavy atom. The molecule has 0 aliphatic heterocycles. The van der Waals surface area contributed by atoms with Crippen molar-refractivity contribution in [1.82, 2.24) is 0 Å². The zero-order valence-corrected chi connectivity index (χ0v) is 8.45. The van der Waals surface area contributed by atoms with Gasteiger partial charge in [0.25, 0.3) is 0 Å². The summed E-state index contributed by atoms with van der Waals surface area (Å²) in [6.45, 7) is 2.34. The smallest absolute Gasteiger partial charge is 0.310 e. The van der Waals surface area contributed by atoms with Gasteiger partial charge in [-0.2, -0.15) is 0 Å². The molecule has 76 valence electrons. The third kappa shape index (κ3) is 3.18. The van der Waals surface area contributed by atoms with Crippen LogP contribution in [0.4, 0.5) is 0 Å². The normalized spacial score (nSPS) is 9.86. The van der Waals surface area contributed by atoms with Crippen LogP contribution in [0.5, 0.6) is 5.75 Å². The minimum Gasteiger partial charge on any atom is -0.427 e. The zero-order chi connectivity index (χ0) is 10.4. The van der Waals surface area contributed by atoms with Crippen molar-refractivity contribution in [2.24, 2.45) is 0 Å². The van der Waals surface area contributed by atoms with Gasteiger partial charge in [0.2, 0.25) is 0 Å². The standard InChI is InChI=1S/C11H14O3/c1-3-11(12)14-10-6-4-9(5-7-10)8-13-2/h4-7H,3,8H2,1-2H3. The van der Waals surface area contributed by atoms with Crippen molar-refractivity contribution in [1.29, 1.82) is 0 Å². The summed E-state index contributed by atoms with van der Waals surface area (Å²) in [6, 6.07) is 7.29. The molecule has 3 nitrogen and oxygen atoms in total. The van der Waals surface area contributed by atoms with E-state index in [1.165, 1.54) is 0 Å². The molecule has 0 aromatic heterocycles. The van der Waals surface area contributed by atoms with Crippen molar-refractivity contribution in [2.75, 3.05) is 7.11 Å². The Bertz CT molecular complexity index is 290. The van der Waals surface area contributed by atoms with E-state index in [1.807, 2.05) is 12.1 Å². The molecule has 1 aromatic carbocycles. The molecule has 0 saturated heterocycles. The number of carbonyl (C=O) groups excluding carboxylic acids is 1. The Morgan fingerprint density at radius 3 is 2.43 bits per heavy atom. The van der Waals surface area contributed by atoms with Gasteiger partial charge in [0.05, 0.1) is 6.61 Å². The summed E-state index contributed by atoms with van der Waals surface area (Å²) in [4.78, 5) is 10.9. The molecule has 14 heavy (non-hydrogen) atoms. The Labute approximate surface area is 83.6 Å². The van der Waals surface area contributed by atoms with Gasteiger partial charge in [-0.3, -0.25) is 4.79 Å². The summed E-state index contributed by atoms with van der Waals surface area (Å²) < 4.78 is 9.98. The van der Waals surface area contributed by atoms with Gasteiger partial charge >= 0.3 is 5.97 Å². The summed E-state index contributed by atoms with van der Waals surface area (Å²) in [5, 5.41) is 0. The SMILES string of the molecule is CCC(=O)Oc1ccc(COC)cc1. The highest BCUT2D eigenvalue weighted by atomic mass is 16.5. The number of carbonyl (C=O) groups is 1. The molecule has 1 aromatic rings. The van der Waals surface area contributed by atoms with Crippen LogP contribution in [0.25, 0.3) is 0 Å². The molecule has 0 amide bonds. The first-order valence-electron chi connectivity index (χ1n) is 4.54. The van der Waals surface area contributed by atoms with E-state index in [1.54, 1.807) is 26.2 Å². The largest absolute Gasteiger partial charge is 0.427 e. The quantitative estimate of drug-likeness (QED) is 0.544. The predicted molar refractivity (Wildman–Crippen MR) is 53.1 cm³/mol. The number of hydrogen-bond acceptors (Lipinski definition) is 3. The van der Waals surface area contributed by atoms with E-state index in [4.69, 9.17) is 9.47 Å². The second-order valence-electron chi connectivity index (χ2n) is 2.90. The molecular weight excluding hydrogens is 180 g/mol. The molecule has 0 fully saturated rings. The summed E-state index contributed by atoms with van der Waals surface area (Å²) in [6.07, 6.45) is 0.389. The molecule has 0 aliphatic carbocycles. The average Bonchev–Trinajstić information content (AvgIpc) is 2.21. The van der Waals surface area contributed by atoms with Crippen LogP contribution >= 0.6 is 0 Å². The highest BCUT2D eigenvalue weighted by molar-refractivity contribution is 5.71. The molecule has 0 unspecified atom stereocenters. The maximum Gasteiger partial charge on any atom is 0.310 e. The number of hydrogen-bond donors (Lipinski definition) is 0. The van der Waals surface area contributed by atoms with Gasteiger partial charge < -0.3 is 9.47 Å². The lowest BCUT2D eigenvalue weighted by Gasteiger charge is -2.03. The van der Waals surface area contributed by atoms with Gasteiger partial charge in [-0.15, -0.1) is 0 Å². The van der Waals surface area contributed by atoms with Crippen LogP contribution in [0, 0.1) is 0 Å². The highest BCUT2D eigenvalue weighted by Gasteiger charge is 2.00.